The molecule has 2 N–H and O–H groups in total. The van der Waals surface area contributed by atoms with Crippen molar-refractivity contribution in [3.05, 3.63) is 35.9 Å². The predicted molar refractivity (Wildman–Crippen MR) is 100 cm³/mol. The lowest BCUT2D eigenvalue weighted by Gasteiger charge is -2.59. The van der Waals surface area contributed by atoms with Crippen LogP contribution in [-0.4, -0.2) is 37.0 Å². The monoisotopic (exact) mass is 355 g/mol. The van der Waals surface area contributed by atoms with E-state index in [2.05, 4.69) is 10.7 Å². The quantitative estimate of drug-likeness (QED) is 0.798. The van der Waals surface area contributed by atoms with Crippen molar-refractivity contribution in [1.82, 2.24) is 15.8 Å². The van der Waals surface area contributed by atoms with Crippen LogP contribution in [0.15, 0.2) is 30.3 Å². The van der Waals surface area contributed by atoms with Crippen LogP contribution >= 0.6 is 0 Å². The summed E-state index contributed by atoms with van der Waals surface area (Å²) >= 11 is 0. The molecule has 1 aromatic rings. The zero-order valence-corrected chi connectivity index (χ0v) is 15.7. The molecule has 0 spiro atoms. The fourth-order valence-corrected chi connectivity index (χ4v) is 6.12. The Kier molecular flexibility index (Phi) is 4.51. The van der Waals surface area contributed by atoms with Crippen molar-refractivity contribution in [2.45, 2.75) is 44.6 Å². The maximum atomic E-state index is 13.1. The van der Waals surface area contributed by atoms with Gasteiger partial charge < -0.3 is 5.32 Å². The normalized spacial score (nSPS) is 33.1. The van der Waals surface area contributed by atoms with E-state index < -0.39 is 6.04 Å². The standard InChI is InChI=1S/C21H29N3O2/c1-24(2)23-20(26)18(22-19(25)17-6-4-3-5-7-17)21-11-14-8-15(12-21)10-16(9-14)13-21/h3-7,14-16,18H,8-13H2,1-2H3,(H,22,25)(H,23,26)/t14?,15?,16?,18-,21?/m0/s1. The SMILES string of the molecule is CN(C)NC(=O)[C@H](NC(=O)c1ccccc1)C12CC3CC(CC(C3)C1)C2. The molecule has 140 valence electrons. The molecule has 0 unspecified atom stereocenters. The number of hydrazine groups is 1. The summed E-state index contributed by atoms with van der Waals surface area (Å²) in [7, 11) is 3.63. The molecule has 2 amide bonds. The fourth-order valence-electron chi connectivity index (χ4n) is 6.12. The molecule has 0 heterocycles. The fraction of sp³-hybridized carbons (Fsp3) is 0.619. The second-order valence-corrected chi connectivity index (χ2v) is 8.92. The summed E-state index contributed by atoms with van der Waals surface area (Å²) < 4.78 is 0. The van der Waals surface area contributed by atoms with Crippen LogP contribution in [0, 0.1) is 23.2 Å². The van der Waals surface area contributed by atoms with E-state index in [0.29, 0.717) is 5.56 Å². The van der Waals surface area contributed by atoms with Gasteiger partial charge >= 0.3 is 0 Å². The Hall–Kier alpha value is -1.88. The molecular weight excluding hydrogens is 326 g/mol. The van der Waals surface area contributed by atoms with Crippen LogP contribution in [0.3, 0.4) is 0 Å². The number of carbonyl (C=O) groups is 2. The smallest absolute Gasteiger partial charge is 0.257 e. The van der Waals surface area contributed by atoms with E-state index in [-0.39, 0.29) is 17.2 Å². The Morgan fingerprint density at radius 2 is 1.54 bits per heavy atom. The second kappa shape index (κ2) is 6.69. The summed E-state index contributed by atoms with van der Waals surface area (Å²) in [6.45, 7) is 0. The van der Waals surface area contributed by atoms with Crippen LogP contribution in [0.4, 0.5) is 0 Å². The van der Waals surface area contributed by atoms with Crippen LogP contribution in [0.1, 0.15) is 48.9 Å². The first-order valence-electron chi connectivity index (χ1n) is 9.79. The second-order valence-electron chi connectivity index (χ2n) is 8.92. The predicted octanol–water partition coefficient (Wildman–Crippen LogP) is 2.59. The van der Waals surface area contributed by atoms with E-state index in [1.54, 1.807) is 17.1 Å². The number of amides is 2. The van der Waals surface area contributed by atoms with Crippen molar-refractivity contribution in [2.24, 2.45) is 23.2 Å². The lowest BCUT2D eigenvalue weighted by molar-refractivity contribution is -0.138. The Morgan fingerprint density at radius 3 is 2.04 bits per heavy atom. The molecule has 0 radical (unpaired) electrons. The summed E-state index contributed by atoms with van der Waals surface area (Å²) in [6, 6.07) is 8.74. The largest absolute Gasteiger partial charge is 0.340 e. The molecule has 5 heteroatoms. The molecule has 4 saturated carbocycles. The Labute approximate surface area is 155 Å². The summed E-state index contributed by atoms with van der Waals surface area (Å²) in [5, 5.41) is 4.79. The number of benzene rings is 1. The molecule has 4 fully saturated rings. The number of rotatable bonds is 5. The van der Waals surface area contributed by atoms with Crippen molar-refractivity contribution in [3.63, 3.8) is 0 Å². The number of carbonyl (C=O) groups excluding carboxylic acids is 2. The molecule has 4 bridgehead atoms. The minimum atomic E-state index is -0.467. The van der Waals surface area contributed by atoms with Gasteiger partial charge in [0.2, 0.25) is 0 Å². The van der Waals surface area contributed by atoms with Crippen molar-refractivity contribution in [2.75, 3.05) is 14.1 Å². The molecule has 0 saturated heterocycles. The van der Waals surface area contributed by atoms with Crippen LogP contribution in [0.25, 0.3) is 0 Å². The zero-order chi connectivity index (χ0) is 18.3. The molecule has 4 aliphatic carbocycles. The van der Waals surface area contributed by atoms with Gasteiger partial charge in [0.05, 0.1) is 0 Å². The molecule has 0 aliphatic heterocycles. The highest BCUT2D eigenvalue weighted by atomic mass is 16.2. The van der Waals surface area contributed by atoms with Crippen molar-refractivity contribution in [3.8, 4) is 0 Å². The van der Waals surface area contributed by atoms with Gasteiger partial charge in [-0.15, -0.1) is 0 Å². The van der Waals surface area contributed by atoms with E-state index in [0.717, 1.165) is 37.0 Å². The zero-order valence-electron chi connectivity index (χ0n) is 15.7. The minimum absolute atomic E-state index is 0.0822. The van der Waals surface area contributed by atoms with Gasteiger partial charge in [-0.2, -0.15) is 0 Å². The average molecular weight is 355 g/mol. The molecule has 0 aromatic heterocycles. The van der Waals surface area contributed by atoms with E-state index in [1.165, 1.54) is 19.3 Å². The van der Waals surface area contributed by atoms with Crippen molar-refractivity contribution < 1.29 is 9.59 Å². The molecule has 5 rings (SSSR count). The average Bonchev–Trinajstić information content (AvgIpc) is 2.58. The molecule has 4 aliphatic rings. The van der Waals surface area contributed by atoms with Gasteiger partial charge in [0.1, 0.15) is 6.04 Å². The van der Waals surface area contributed by atoms with Crippen LogP contribution < -0.4 is 10.7 Å². The van der Waals surface area contributed by atoms with Gasteiger partial charge in [0, 0.05) is 25.1 Å². The van der Waals surface area contributed by atoms with E-state index in [4.69, 9.17) is 0 Å². The lowest BCUT2D eigenvalue weighted by atomic mass is 9.47. The number of hydrogen-bond donors (Lipinski definition) is 2. The highest BCUT2D eigenvalue weighted by Gasteiger charge is 2.56. The maximum absolute atomic E-state index is 13.1. The minimum Gasteiger partial charge on any atom is -0.340 e. The topological polar surface area (TPSA) is 61.4 Å². The summed E-state index contributed by atoms with van der Waals surface area (Å²) in [6.07, 6.45) is 7.15. The third-order valence-corrected chi connectivity index (χ3v) is 6.61. The first-order valence-corrected chi connectivity index (χ1v) is 9.79. The van der Waals surface area contributed by atoms with E-state index in [1.807, 2.05) is 32.3 Å². The van der Waals surface area contributed by atoms with Gasteiger partial charge in [-0.05, 0) is 68.4 Å². The first kappa shape index (κ1) is 17.5. The molecular formula is C21H29N3O2. The Balaban J connectivity index is 1.61. The maximum Gasteiger partial charge on any atom is 0.257 e. The third kappa shape index (κ3) is 3.25. The van der Waals surface area contributed by atoms with Crippen molar-refractivity contribution in [1.29, 1.82) is 0 Å². The van der Waals surface area contributed by atoms with Gasteiger partial charge in [-0.3, -0.25) is 15.0 Å². The number of nitrogens with one attached hydrogen (secondary N) is 2. The summed E-state index contributed by atoms with van der Waals surface area (Å²) in [4.78, 5) is 25.9. The molecule has 1 atom stereocenters. The highest BCUT2D eigenvalue weighted by molar-refractivity contribution is 5.97. The van der Waals surface area contributed by atoms with E-state index >= 15 is 0 Å². The number of nitrogens with zero attached hydrogens (tertiary/aromatic N) is 1. The summed E-state index contributed by atoms with van der Waals surface area (Å²) in [5.41, 5.74) is 3.43. The Bertz CT molecular complexity index is 650. The van der Waals surface area contributed by atoms with Gasteiger partial charge in [-0.1, -0.05) is 18.2 Å². The highest BCUT2D eigenvalue weighted by Crippen LogP contribution is 2.61. The van der Waals surface area contributed by atoms with Crippen LogP contribution in [-0.2, 0) is 4.79 Å². The van der Waals surface area contributed by atoms with Gasteiger partial charge in [-0.25, -0.2) is 5.01 Å². The third-order valence-electron chi connectivity index (χ3n) is 6.61. The number of hydrogen-bond acceptors (Lipinski definition) is 3. The van der Waals surface area contributed by atoms with E-state index in [9.17, 15) is 9.59 Å². The molecule has 26 heavy (non-hydrogen) atoms. The van der Waals surface area contributed by atoms with Gasteiger partial charge in [0.25, 0.3) is 11.8 Å². The molecule has 5 nitrogen and oxygen atoms in total. The van der Waals surface area contributed by atoms with Crippen LogP contribution in [0.2, 0.25) is 0 Å². The van der Waals surface area contributed by atoms with Crippen molar-refractivity contribution >= 4 is 11.8 Å². The first-order chi connectivity index (χ1) is 12.4. The lowest BCUT2D eigenvalue weighted by Crippen LogP contribution is -2.63. The Morgan fingerprint density at radius 1 is 1.00 bits per heavy atom. The van der Waals surface area contributed by atoms with Gasteiger partial charge in [0.15, 0.2) is 0 Å². The summed E-state index contributed by atoms with van der Waals surface area (Å²) in [5.74, 6) is 1.94. The molecule has 1 aromatic carbocycles. The van der Waals surface area contributed by atoms with Crippen LogP contribution in [0.5, 0.6) is 0 Å².